The first-order valence-corrected chi connectivity index (χ1v) is 7.56. The molecule has 1 saturated heterocycles. The van der Waals surface area contributed by atoms with Crippen molar-refractivity contribution in [2.24, 2.45) is 5.92 Å². The summed E-state index contributed by atoms with van der Waals surface area (Å²) in [6.45, 7) is 4.29. The number of fused-ring (bicyclic) bond motifs is 1. The molecule has 2 heterocycles. The second-order valence-corrected chi connectivity index (χ2v) is 5.91. The first-order chi connectivity index (χ1) is 9.69. The van der Waals surface area contributed by atoms with Gasteiger partial charge in [0, 0.05) is 26.6 Å². The van der Waals surface area contributed by atoms with E-state index in [1.54, 1.807) is 0 Å². The number of rotatable bonds is 2. The molecule has 1 atom stereocenters. The molecule has 1 aliphatic heterocycles. The van der Waals surface area contributed by atoms with Crippen LogP contribution in [-0.2, 0) is 6.42 Å². The number of nitrogens with one attached hydrogen (secondary N) is 1. The predicted molar refractivity (Wildman–Crippen MR) is 79.5 cm³/mol. The summed E-state index contributed by atoms with van der Waals surface area (Å²) in [7, 11) is 1.83. The molecule has 0 amide bonds. The maximum atomic E-state index is 12.1. The van der Waals surface area contributed by atoms with E-state index >= 15 is 0 Å². The fourth-order valence-corrected chi connectivity index (χ4v) is 3.20. The van der Waals surface area contributed by atoms with Crippen molar-refractivity contribution >= 4 is 17.5 Å². The van der Waals surface area contributed by atoms with Gasteiger partial charge in [-0.2, -0.15) is 4.98 Å². The summed E-state index contributed by atoms with van der Waals surface area (Å²) in [5.41, 5.74) is 1.64. The molecule has 1 aromatic rings. The number of hydrogen-bond donors (Lipinski definition) is 1. The third-order valence-corrected chi connectivity index (χ3v) is 4.25. The molecule has 5 heteroatoms. The van der Waals surface area contributed by atoms with Crippen LogP contribution in [0.4, 0.5) is 11.8 Å². The van der Waals surface area contributed by atoms with Crippen molar-refractivity contribution < 1.29 is 4.79 Å². The van der Waals surface area contributed by atoms with Gasteiger partial charge >= 0.3 is 0 Å². The first kappa shape index (κ1) is 13.3. The summed E-state index contributed by atoms with van der Waals surface area (Å²) in [6.07, 6.45) is 4.87. The fraction of sp³-hybridized carbons (Fsp3) is 0.667. The Balaban J connectivity index is 1.98. The van der Waals surface area contributed by atoms with Gasteiger partial charge in [0.1, 0.15) is 5.82 Å². The van der Waals surface area contributed by atoms with Gasteiger partial charge in [-0.05, 0) is 31.6 Å². The van der Waals surface area contributed by atoms with Crippen LogP contribution in [0.1, 0.15) is 48.7 Å². The molecule has 3 rings (SSSR count). The number of anilines is 2. The first-order valence-electron chi connectivity index (χ1n) is 7.56. The summed E-state index contributed by atoms with van der Waals surface area (Å²) >= 11 is 0. The van der Waals surface area contributed by atoms with Gasteiger partial charge in [-0.3, -0.25) is 4.79 Å². The zero-order chi connectivity index (χ0) is 14.1. The highest BCUT2D eigenvalue weighted by Gasteiger charge is 2.26. The molecule has 1 unspecified atom stereocenters. The summed E-state index contributed by atoms with van der Waals surface area (Å²) in [6, 6.07) is 0. The zero-order valence-electron chi connectivity index (χ0n) is 12.3. The Morgan fingerprint density at radius 1 is 1.25 bits per heavy atom. The van der Waals surface area contributed by atoms with Crippen molar-refractivity contribution in [3.63, 3.8) is 0 Å². The number of carbonyl (C=O) groups is 1. The van der Waals surface area contributed by atoms with Crippen LogP contribution in [0.25, 0.3) is 0 Å². The number of hydrogen-bond acceptors (Lipinski definition) is 5. The van der Waals surface area contributed by atoms with Crippen molar-refractivity contribution in [3.05, 3.63) is 11.3 Å². The number of piperidine rings is 1. The van der Waals surface area contributed by atoms with Crippen LogP contribution in [0, 0.1) is 5.92 Å². The normalized spacial score (nSPS) is 22.6. The lowest BCUT2D eigenvalue weighted by molar-refractivity contribution is 0.0972. The SMILES string of the molecule is CNc1nc(N2CCCC(C)C2)nc2c1C(=O)CCC2. The highest BCUT2D eigenvalue weighted by Crippen LogP contribution is 2.29. The van der Waals surface area contributed by atoms with Crippen LogP contribution in [0.5, 0.6) is 0 Å². The Labute approximate surface area is 119 Å². The molecule has 0 saturated carbocycles. The van der Waals surface area contributed by atoms with Gasteiger partial charge in [0.2, 0.25) is 5.95 Å². The van der Waals surface area contributed by atoms with E-state index in [-0.39, 0.29) is 5.78 Å². The van der Waals surface area contributed by atoms with E-state index in [2.05, 4.69) is 27.1 Å². The minimum Gasteiger partial charge on any atom is -0.372 e. The second kappa shape index (κ2) is 5.38. The average molecular weight is 274 g/mol. The van der Waals surface area contributed by atoms with E-state index in [1.807, 2.05) is 7.05 Å². The van der Waals surface area contributed by atoms with Crippen LogP contribution in [0.2, 0.25) is 0 Å². The third-order valence-electron chi connectivity index (χ3n) is 4.25. The predicted octanol–water partition coefficient (Wildman–Crippen LogP) is 2.27. The maximum absolute atomic E-state index is 12.1. The number of Topliss-reactive ketones (excluding diaryl/α,β-unsaturated/α-hetero) is 1. The molecule has 1 N–H and O–H groups in total. The summed E-state index contributed by atoms with van der Waals surface area (Å²) in [5, 5.41) is 3.08. The quantitative estimate of drug-likeness (QED) is 0.896. The molecule has 0 radical (unpaired) electrons. The van der Waals surface area contributed by atoms with Gasteiger partial charge in [0.05, 0.1) is 11.3 Å². The third kappa shape index (κ3) is 2.37. The Morgan fingerprint density at radius 3 is 2.85 bits per heavy atom. The van der Waals surface area contributed by atoms with Gasteiger partial charge in [-0.15, -0.1) is 0 Å². The summed E-state index contributed by atoms with van der Waals surface area (Å²) in [4.78, 5) is 23.6. The van der Waals surface area contributed by atoms with Gasteiger partial charge in [0.25, 0.3) is 0 Å². The zero-order valence-corrected chi connectivity index (χ0v) is 12.3. The molecule has 1 aromatic heterocycles. The molecule has 0 bridgehead atoms. The van der Waals surface area contributed by atoms with Gasteiger partial charge in [0.15, 0.2) is 5.78 Å². The molecule has 2 aliphatic rings. The Kier molecular flexibility index (Phi) is 3.59. The molecular formula is C15H22N4O. The Morgan fingerprint density at radius 2 is 2.10 bits per heavy atom. The molecule has 1 fully saturated rings. The van der Waals surface area contributed by atoms with Crippen LogP contribution in [0.15, 0.2) is 0 Å². The number of ketones is 1. The fourth-order valence-electron chi connectivity index (χ4n) is 3.20. The van der Waals surface area contributed by atoms with Crippen molar-refractivity contribution in [1.82, 2.24) is 9.97 Å². The van der Waals surface area contributed by atoms with Crippen LogP contribution >= 0.6 is 0 Å². The number of carbonyl (C=O) groups excluding carboxylic acids is 1. The van der Waals surface area contributed by atoms with E-state index in [0.717, 1.165) is 37.6 Å². The van der Waals surface area contributed by atoms with E-state index < -0.39 is 0 Å². The smallest absolute Gasteiger partial charge is 0.227 e. The highest BCUT2D eigenvalue weighted by atomic mass is 16.1. The number of aromatic nitrogens is 2. The molecule has 1 aliphatic carbocycles. The molecule has 20 heavy (non-hydrogen) atoms. The van der Waals surface area contributed by atoms with Crippen molar-refractivity contribution in [1.29, 1.82) is 0 Å². The van der Waals surface area contributed by atoms with Crippen LogP contribution in [0.3, 0.4) is 0 Å². The van der Waals surface area contributed by atoms with Crippen molar-refractivity contribution in [2.45, 2.75) is 39.0 Å². The Bertz CT molecular complexity index is 512. The summed E-state index contributed by atoms with van der Waals surface area (Å²) < 4.78 is 0. The van der Waals surface area contributed by atoms with Crippen molar-refractivity contribution in [2.75, 3.05) is 30.4 Å². The summed E-state index contributed by atoms with van der Waals surface area (Å²) in [5.74, 6) is 2.35. The Hall–Kier alpha value is -1.65. The van der Waals surface area contributed by atoms with E-state index in [1.165, 1.54) is 12.8 Å². The molecule has 0 aromatic carbocycles. The largest absolute Gasteiger partial charge is 0.372 e. The van der Waals surface area contributed by atoms with Gasteiger partial charge in [-0.25, -0.2) is 4.98 Å². The lowest BCUT2D eigenvalue weighted by atomic mass is 9.95. The van der Waals surface area contributed by atoms with E-state index in [9.17, 15) is 4.79 Å². The van der Waals surface area contributed by atoms with E-state index in [0.29, 0.717) is 23.7 Å². The minimum atomic E-state index is 0.175. The monoisotopic (exact) mass is 274 g/mol. The van der Waals surface area contributed by atoms with Gasteiger partial charge < -0.3 is 10.2 Å². The van der Waals surface area contributed by atoms with Crippen molar-refractivity contribution in [3.8, 4) is 0 Å². The maximum Gasteiger partial charge on any atom is 0.227 e. The number of aryl methyl sites for hydroxylation is 1. The second-order valence-electron chi connectivity index (χ2n) is 5.91. The molecule has 0 spiro atoms. The van der Waals surface area contributed by atoms with Crippen LogP contribution in [-0.4, -0.2) is 35.9 Å². The topological polar surface area (TPSA) is 58.1 Å². The molecule has 108 valence electrons. The standard InChI is InChI=1S/C15H22N4O/c1-10-5-4-8-19(9-10)15-17-11-6-3-7-12(20)13(11)14(16-2)18-15/h10H,3-9H2,1-2H3,(H,16,17,18). The molecule has 5 nitrogen and oxygen atoms in total. The number of nitrogens with zero attached hydrogens (tertiary/aromatic N) is 3. The van der Waals surface area contributed by atoms with E-state index in [4.69, 9.17) is 0 Å². The van der Waals surface area contributed by atoms with Gasteiger partial charge in [-0.1, -0.05) is 6.92 Å². The minimum absolute atomic E-state index is 0.175. The average Bonchev–Trinajstić information content (AvgIpc) is 2.46. The highest BCUT2D eigenvalue weighted by molar-refractivity contribution is 6.02. The lowest BCUT2D eigenvalue weighted by Crippen LogP contribution is -2.36. The van der Waals surface area contributed by atoms with Crippen LogP contribution < -0.4 is 10.2 Å². The lowest BCUT2D eigenvalue weighted by Gasteiger charge is -2.32. The molecular weight excluding hydrogens is 252 g/mol.